The molecule has 1 unspecified atom stereocenters. The largest absolute Gasteiger partial charge is 0.291 e. The van der Waals surface area contributed by atoms with E-state index in [1.165, 1.54) is 0 Å². The molecule has 1 atom stereocenters. The number of likely N-dealkylation sites (tertiary alicyclic amines) is 1. The molecule has 4 aromatic rings. The fourth-order valence-electron chi connectivity index (χ4n) is 5.49. The van der Waals surface area contributed by atoms with E-state index in [0.717, 1.165) is 59.7 Å². The number of fused-ring (bicyclic) bond motifs is 3. The SMILES string of the molecule is O=C1c2cccc3c4ccccc4n(c23)C(=O)C1(c1ccccc1)N1CCCCC1. The van der Waals surface area contributed by atoms with Crippen molar-refractivity contribution in [1.29, 1.82) is 0 Å². The second kappa shape index (κ2) is 6.38. The second-order valence-corrected chi connectivity index (χ2v) is 8.31. The Bertz CT molecular complexity index is 1320. The quantitative estimate of drug-likeness (QED) is 0.449. The van der Waals surface area contributed by atoms with E-state index in [0.29, 0.717) is 5.56 Å². The molecule has 3 heterocycles. The monoisotopic (exact) mass is 394 g/mol. The Labute approximate surface area is 174 Å². The van der Waals surface area contributed by atoms with Crippen LogP contribution in [0.4, 0.5) is 0 Å². The first kappa shape index (κ1) is 17.6. The number of piperidine rings is 1. The van der Waals surface area contributed by atoms with Gasteiger partial charge in [0.25, 0.3) is 5.91 Å². The predicted octanol–water partition coefficient (Wildman–Crippen LogP) is 5.01. The summed E-state index contributed by atoms with van der Waals surface area (Å²) in [5.41, 5.74) is 1.71. The molecule has 1 saturated heterocycles. The molecule has 0 amide bonds. The van der Waals surface area contributed by atoms with Crippen LogP contribution in [0.15, 0.2) is 72.8 Å². The van der Waals surface area contributed by atoms with E-state index in [4.69, 9.17) is 0 Å². The zero-order valence-corrected chi connectivity index (χ0v) is 16.7. The summed E-state index contributed by atoms with van der Waals surface area (Å²) in [5, 5.41) is 1.98. The van der Waals surface area contributed by atoms with Gasteiger partial charge in [-0.15, -0.1) is 0 Å². The molecule has 3 aromatic carbocycles. The average Bonchev–Trinajstić information content (AvgIpc) is 3.15. The average molecular weight is 394 g/mol. The number of aromatic nitrogens is 1. The van der Waals surface area contributed by atoms with Crippen molar-refractivity contribution in [3.05, 3.63) is 83.9 Å². The molecule has 0 bridgehead atoms. The maximum Gasteiger partial charge on any atom is 0.264 e. The number of carbonyl (C=O) groups is 2. The van der Waals surface area contributed by atoms with Gasteiger partial charge in [0.2, 0.25) is 0 Å². The summed E-state index contributed by atoms with van der Waals surface area (Å²) in [6.45, 7) is 1.49. The lowest BCUT2D eigenvalue weighted by Crippen LogP contribution is -2.61. The highest BCUT2D eigenvalue weighted by Crippen LogP contribution is 2.44. The van der Waals surface area contributed by atoms with Crippen molar-refractivity contribution >= 4 is 33.5 Å². The molecular formula is C26H22N2O2. The van der Waals surface area contributed by atoms with Crippen LogP contribution in [-0.2, 0) is 5.54 Å². The number of Topliss-reactive ketones (excluding diaryl/α,β-unsaturated/α-hetero) is 1. The van der Waals surface area contributed by atoms with Gasteiger partial charge in [-0.3, -0.25) is 19.1 Å². The van der Waals surface area contributed by atoms with Gasteiger partial charge in [-0.1, -0.05) is 67.1 Å². The second-order valence-electron chi connectivity index (χ2n) is 8.31. The minimum atomic E-state index is -1.31. The van der Waals surface area contributed by atoms with Gasteiger partial charge in [-0.2, -0.15) is 0 Å². The summed E-state index contributed by atoms with van der Waals surface area (Å²) >= 11 is 0. The number of hydrogen-bond donors (Lipinski definition) is 0. The third kappa shape index (κ3) is 2.09. The van der Waals surface area contributed by atoms with Crippen LogP contribution in [-0.4, -0.2) is 34.2 Å². The van der Waals surface area contributed by atoms with Gasteiger partial charge in [0, 0.05) is 16.3 Å². The predicted molar refractivity (Wildman–Crippen MR) is 118 cm³/mol. The highest BCUT2D eigenvalue weighted by atomic mass is 16.2. The standard InChI is InChI=1S/C26H22N2O2/c29-24-21-14-9-13-20-19-12-5-6-15-22(19)28(23(20)21)25(30)26(24,18-10-3-1-4-11-18)27-16-7-2-8-17-27/h1,3-6,9-15H,2,7-8,16-17H2. The summed E-state index contributed by atoms with van der Waals surface area (Å²) in [5.74, 6) is -0.244. The highest BCUT2D eigenvalue weighted by molar-refractivity contribution is 6.31. The van der Waals surface area contributed by atoms with E-state index in [9.17, 15) is 9.59 Å². The van der Waals surface area contributed by atoms with Gasteiger partial charge in [0.05, 0.1) is 11.0 Å². The van der Waals surface area contributed by atoms with Gasteiger partial charge in [-0.05, 0) is 43.6 Å². The van der Waals surface area contributed by atoms with Crippen molar-refractivity contribution in [3.63, 3.8) is 0 Å². The van der Waals surface area contributed by atoms with Crippen molar-refractivity contribution in [2.75, 3.05) is 13.1 Å². The Morgan fingerprint density at radius 3 is 2.20 bits per heavy atom. The summed E-state index contributed by atoms with van der Waals surface area (Å²) in [6.07, 6.45) is 3.13. The Balaban J connectivity index is 1.74. The highest BCUT2D eigenvalue weighted by Gasteiger charge is 2.56. The van der Waals surface area contributed by atoms with Gasteiger partial charge in [-0.25, -0.2) is 0 Å². The maximum atomic E-state index is 14.4. The molecule has 4 nitrogen and oxygen atoms in total. The van der Waals surface area contributed by atoms with Crippen LogP contribution in [0.5, 0.6) is 0 Å². The molecule has 1 fully saturated rings. The van der Waals surface area contributed by atoms with Gasteiger partial charge >= 0.3 is 0 Å². The van der Waals surface area contributed by atoms with Crippen molar-refractivity contribution < 1.29 is 9.59 Å². The number of benzene rings is 3. The van der Waals surface area contributed by atoms with E-state index >= 15 is 0 Å². The molecule has 6 rings (SSSR count). The number of para-hydroxylation sites is 2. The summed E-state index contributed by atoms with van der Waals surface area (Å²) in [7, 11) is 0. The lowest BCUT2D eigenvalue weighted by Gasteiger charge is -2.45. The van der Waals surface area contributed by atoms with Gasteiger partial charge in [0.1, 0.15) is 0 Å². The minimum absolute atomic E-state index is 0.0958. The fourth-order valence-corrected chi connectivity index (χ4v) is 5.49. The third-order valence-electron chi connectivity index (χ3n) is 6.80. The third-order valence-corrected chi connectivity index (χ3v) is 6.80. The van der Waals surface area contributed by atoms with Crippen LogP contribution in [0.1, 0.15) is 40.0 Å². The minimum Gasteiger partial charge on any atom is -0.291 e. The van der Waals surface area contributed by atoms with E-state index in [-0.39, 0.29) is 11.7 Å². The molecule has 2 aliphatic rings. The van der Waals surface area contributed by atoms with Crippen LogP contribution in [0.3, 0.4) is 0 Å². The van der Waals surface area contributed by atoms with Crippen molar-refractivity contribution in [3.8, 4) is 0 Å². The van der Waals surface area contributed by atoms with E-state index < -0.39 is 5.54 Å². The number of ketones is 1. The molecule has 0 aliphatic carbocycles. The van der Waals surface area contributed by atoms with Gasteiger partial charge in [0.15, 0.2) is 11.3 Å². The Morgan fingerprint density at radius 1 is 0.700 bits per heavy atom. The van der Waals surface area contributed by atoms with Crippen LogP contribution in [0, 0.1) is 0 Å². The molecule has 0 spiro atoms. The van der Waals surface area contributed by atoms with Gasteiger partial charge < -0.3 is 0 Å². The number of hydrogen-bond acceptors (Lipinski definition) is 3. The van der Waals surface area contributed by atoms with Crippen LogP contribution in [0.25, 0.3) is 21.8 Å². The van der Waals surface area contributed by atoms with Crippen LogP contribution < -0.4 is 0 Å². The maximum absolute atomic E-state index is 14.4. The molecule has 0 radical (unpaired) electrons. The number of rotatable bonds is 2. The van der Waals surface area contributed by atoms with Crippen molar-refractivity contribution in [1.82, 2.24) is 9.47 Å². The lowest BCUT2D eigenvalue weighted by molar-refractivity contribution is 0.0321. The first-order valence-electron chi connectivity index (χ1n) is 10.7. The summed E-state index contributed by atoms with van der Waals surface area (Å²) < 4.78 is 1.81. The Hall–Kier alpha value is -3.24. The topological polar surface area (TPSA) is 42.3 Å². The van der Waals surface area contributed by atoms with E-state index in [1.807, 2.05) is 77.4 Å². The molecule has 4 heteroatoms. The first-order valence-corrected chi connectivity index (χ1v) is 10.7. The normalized spacial score (nSPS) is 22.1. The molecule has 148 valence electrons. The first-order chi connectivity index (χ1) is 14.7. The van der Waals surface area contributed by atoms with E-state index in [2.05, 4.69) is 4.90 Å². The Morgan fingerprint density at radius 2 is 1.40 bits per heavy atom. The zero-order valence-electron chi connectivity index (χ0n) is 16.7. The van der Waals surface area contributed by atoms with Crippen LogP contribution in [0.2, 0.25) is 0 Å². The Kier molecular flexibility index (Phi) is 3.74. The molecule has 0 N–H and O–H groups in total. The molecular weight excluding hydrogens is 372 g/mol. The summed E-state index contributed by atoms with van der Waals surface area (Å²) in [6, 6.07) is 23.4. The zero-order chi connectivity index (χ0) is 20.3. The molecule has 30 heavy (non-hydrogen) atoms. The smallest absolute Gasteiger partial charge is 0.264 e. The number of nitrogens with zero attached hydrogens (tertiary/aromatic N) is 2. The number of carbonyl (C=O) groups excluding carboxylic acids is 2. The van der Waals surface area contributed by atoms with Crippen molar-refractivity contribution in [2.45, 2.75) is 24.8 Å². The summed E-state index contributed by atoms with van der Waals surface area (Å²) in [4.78, 5) is 30.8. The fraction of sp³-hybridized carbons (Fsp3) is 0.231. The van der Waals surface area contributed by atoms with Crippen molar-refractivity contribution in [2.24, 2.45) is 0 Å². The lowest BCUT2D eigenvalue weighted by atomic mass is 9.76. The molecule has 2 aliphatic heterocycles. The van der Waals surface area contributed by atoms with E-state index in [1.54, 1.807) is 0 Å². The molecule has 0 saturated carbocycles. The molecule has 1 aromatic heterocycles. The van der Waals surface area contributed by atoms with Crippen LogP contribution >= 0.6 is 0 Å².